The minimum Gasteiger partial charge on any atom is -0.494 e. The first kappa shape index (κ1) is 25.9. The van der Waals surface area contributed by atoms with Crippen molar-refractivity contribution in [3.63, 3.8) is 0 Å². The van der Waals surface area contributed by atoms with E-state index < -0.39 is 0 Å². The molecule has 0 bridgehead atoms. The Labute approximate surface area is 183 Å². The van der Waals surface area contributed by atoms with Crippen LogP contribution in [0.4, 0.5) is 0 Å². The summed E-state index contributed by atoms with van der Waals surface area (Å²) in [4.78, 5) is 12.2. The lowest BCUT2D eigenvalue weighted by molar-refractivity contribution is 0.0956. The second-order valence-electron chi connectivity index (χ2n) is 7.93. The number of unbranched alkanes of at least 4 members (excludes halogenated alkanes) is 8. The monoisotopic (exact) mass is 421 g/mol. The highest BCUT2D eigenvalue weighted by atomic mass is 32.2. The van der Waals surface area contributed by atoms with Gasteiger partial charge < -0.3 is 10.1 Å². The predicted molar refractivity (Wildman–Crippen MR) is 128 cm³/mol. The van der Waals surface area contributed by atoms with Gasteiger partial charge in [-0.25, -0.2) is 0 Å². The fourth-order valence-corrected chi connectivity index (χ4v) is 4.17. The molecule has 1 atom stereocenters. The fourth-order valence-electron chi connectivity index (χ4n) is 3.21. The van der Waals surface area contributed by atoms with Crippen molar-refractivity contribution in [2.75, 3.05) is 18.9 Å². The number of nitrogens with one attached hydrogen (secondary N) is 1. The Balaban J connectivity index is 2.04. The zero-order valence-electron chi connectivity index (χ0n) is 19.0. The Morgan fingerprint density at radius 3 is 2.21 bits per heavy atom. The third kappa shape index (κ3) is 13.6. The first-order valence-corrected chi connectivity index (χ1v) is 12.8. The number of thioether (sulfide) groups is 1. The van der Waals surface area contributed by atoms with Crippen molar-refractivity contribution in [1.82, 2.24) is 5.32 Å². The molecule has 1 aromatic rings. The molecule has 1 rings (SSSR count). The van der Waals surface area contributed by atoms with Gasteiger partial charge in [0.05, 0.1) is 6.61 Å². The third-order valence-electron chi connectivity index (χ3n) is 5.14. The minimum absolute atomic E-state index is 0.00133. The summed E-state index contributed by atoms with van der Waals surface area (Å²) in [5.41, 5.74) is 0.699. The lowest BCUT2D eigenvalue weighted by Crippen LogP contribution is -2.26. The van der Waals surface area contributed by atoms with E-state index in [2.05, 4.69) is 26.1 Å². The number of rotatable bonds is 18. The van der Waals surface area contributed by atoms with E-state index >= 15 is 0 Å². The molecule has 0 saturated carbocycles. The van der Waals surface area contributed by atoms with E-state index in [4.69, 9.17) is 4.74 Å². The standard InChI is InChI=1S/C25H43NO2S/c1-4-6-8-9-10-11-12-13-14-22(3)29-21-19-26-25(27)23-15-17-24(18-16-23)28-20-7-5-2/h15-18,22H,4-14,19-21H2,1-3H3,(H,26,27). The van der Waals surface area contributed by atoms with Gasteiger partial charge in [0.2, 0.25) is 0 Å². The number of ether oxygens (including phenoxy) is 1. The van der Waals surface area contributed by atoms with Crippen LogP contribution in [-0.4, -0.2) is 30.1 Å². The van der Waals surface area contributed by atoms with E-state index in [0.717, 1.165) is 37.5 Å². The second-order valence-corrected chi connectivity index (χ2v) is 9.47. The normalized spacial score (nSPS) is 12.0. The summed E-state index contributed by atoms with van der Waals surface area (Å²) < 4.78 is 5.64. The first-order valence-electron chi connectivity index (χ1n) is 11.8. The Morgan fingerprint density at radius 1 is 0.931 bits per heavy atom. The van der Waals surface area contributed by atoms with Gasteiger partial charge in [-0.1, -0.05) is 78.6 Å². The molecule has 0 heterocycles. The smallest absolute Gasteiger partial charge is 0.251 e. The average Bonchev–Trinajstić information content (AvgIpc) is 2.73. The van der Waals surface area contributed by atoms with Crippen molar-refractivity contribution in [2.24, 2.45) is 0 Å². The summed E-state index contributed by atoms with van der Waals surface area (Å²) in [5, 5.41) is 3.70. The van der Waals surface area contributed by atoms with Crippen molar-refractivity contribution >= 4 is 17.7 Å². The van der Waals surface area contributed by atoms with Crippen LogP contribution in [0.15, 0.2) is 24.3 Å². The van der Waals surface area contributed by atoms with Crippen molar-refractivity contribution in [2.45, 2.75) is 96.7 Å². The van der Waals surface area contributed by atoms with Crippen molar-refractivity contribution < 1.29 is 9.53 Å². The van der Waals surface area contributed by atoms with Gasteiger partial charge in [-0.15, -0.1) is 0 Å². The quantitative estimate of drug-likeness (QED) is 0.254. The van der Waals surface area contributed by atoms with Crippen molar-refractivity contribution in [1.29, 1.82) is 0 Å². The Bertz CT molecular complexity index is 518. The number of amides is 1. The minimum atomic E-state index is 0.00133. The van der Waals surface area contributed by atoms with Crippen LogP contribution in [0.3, 0.4) is 0 Å². The van der Waals surface area contributed by atoms with Gasteiger partial charge >= 0.3 is 0 Å². The summed E-state index contributed by atoms with van der Waals surface area (Å²) in [5.74, 6) is 1.81. The zero-order valence-corrected chi connectivity index (χ0v) is 19.8. The van der Waals surface area contributed by atoms with Gasteiger partial charge in [0.15, 0.2) is 0 Å². The number of carbonyl (C=O) groups excluding carboxylic acids is 1. The zero-order chi connectivity index (χ0) is 21.2. The van der Waals surface area contributed by atoms with Gasteiger partial charge in [0.1, 0.15) is 5.75 Å². The molecule has 1 N–H and O–H groups in total. The largest absolute Gasteiger partial charge is 0.494 e. The van der Waals surface area contributed by atoms with E-state index in [1.165, 1.54) is 57.8 Å². The molecule has 166 valence electrons. The Kier molecular flexibility index (Phi) is 15.8. The van der Waals surface area contributed by atoms with Crippen LogP contribution in [0.25, 0.3) is 0 Å². The van der Waals surface area contributed by atoms with Gasteiger partial charge in [-0.2, -0.15) is 11.8 Å². The van der Waals surface area contributed by atoms with E-state index in [0.29, 0.717) is 10.8 Å². The number of carbonyl (C=O) groups is 1. The molecule has 0 aliphatic carbocycles. The molecule has 1 aromatic carbocycles. The lowest BCUT2D eigenvalue weighted by atomic mass is 10.1. The Morgan fingerprint density at radius 2 is 1.55 bits per heavy atom. The van der Waals surface area contributed by atoms with Crippen LogP contribution in [0.1, 0.15) is 102 Å². The topological polar surface area (TPSA) is 38.3 Å². The van der Waals surface area contributed by atoms with E-state index in [9.17, 15) is 4.79 Å². The molecular formula is C25H43NO2S. The van der Waals surface area contributed by atoms with Crippen molar-refractivity contribution in [3.05, 3.63) is 29.8 Å². The number of hydrogen-bond donors (Lipinski definition) is 1. The highest BCUT2D eigenvalue weighted by Gasteiger charge is 2.07. The fraction of sp³-hybridized carbons (Fsp3) is 0.720. The molecule has 0 aliphatic rings. The Hall–Kier alpha value is -1.16. The first-order chi connectivity index (χ1) is 14.2. The van der Waals surface area contributed by atoms with Crippen LogP contribution in [-0.2, 0) is 0 Å². The maximum absolute atomic E-state index is 12.2. The second kappa shape index (κ2) is 17.7. The van der Waals surface area contributed by atoms with Crippen LogP contribution in [0, 0.1) is 0 Å². The van der Waals surface area contributed by atoms with Crippen LogP contribution in [0.5, 0.6) is 5.75 Å². The van der Waals surface area contributed by atoms with Gasteiger partial charge in [0.25, 0.3) is 5.91 Å². The average molecular weight is 422 g/mol. The van der Waals surface area contributed by atoms with Gasteiger partial charge in [0, 0.05) is 23.1 Å². The highest BCUT2D eigenvalue weighted by molar-refractivity contribution is 7.99. The molecule has 0 saturated heterocycles. The maximum Gasteiger partial charge on any atom is 0.251 e. The van der Waals surface area contributed by atoms with Crippen LogP contribution in [0.2, 0.25) is 0 Å². The summed E-state index contributed by atoms with van der Waals surface area (Å²) in [7, 11) is 0. The summed E-state index contributed by atoms with van der Waals surface area (Å²) >= 11 is 1.97. The molecular weight excluding hydrogens is 378 g/mol. The van der Waals surface area contributed by atoms with Crippen molar-refractivity contribution in [3.8, 4) is 5.75 Å². The molecule has 0 aliphatic heterocycles. The molecule has 3 nitrogen and oxygen atoms in total. The summed E-state index contributed by atoms with van der Waals surface area (Å²) in [6.45, 7) is 8.18. The van der Waals surface area contributed by atoms with E-state index in [-0.39, 0.29) is 5.91 Å². The van der Waals surface area contributed by atoms with E-state index in [1.807, 2.05) is 36.0 Å². The van der Waals surface area contributed by atoms with E-state index in [1.54, 1.807) is 0 Å². The highest BCUT2D eigenvalue weighted by Crippen LogP contribution is 2.18. The summed E-state index contributed by atoms with van der Waals surface area (Å²) in [6, 6.07) is 7.44. The molecule has 0 fully saturated rings. The number of hydrogen-bond acceptors (Lipinski definition) is 3. The predicted octanol–water partition coefficient (Wildman–Crippen LogP) is 7.25. The van der Waals surface area contributed by atoms with Gasteiger partial charge in [-0.3, -0.25) is 4.79 Å². The molecule has 4 heteroatoms. The van der Waals surface area contributed by atoms with Crippen LogP contribution < -0.4 is 10.1 Å². The molecule has 1 unspecified atom stereocenters. The molecule has 29 heavy (non-hydrogen) atoms. The lowest BCUT2D eigenvalue weighted by Gasteiger charge is -2.12. The number of benzene rings is 1. The van der Waals surface area contributed by atoms with Gasteiger partial charge in [-0.05, 0) is 37.1 Å². The third-order valence-corrected chi connectivity index (χ3v) is 6.38. The maximum atomic E-state index is 12.2. The SMILES string of the molecule is CCCCCCCCCCC(C)SCCNC(=O)c1ccc(OCCCC)cc1. The molecule has 1 amide bonds. The molecule has 0 aromatic heterocycles. The molecule has 0 radical (unpaired) electrons. The van der Waals surface area contributed by atoms with Crippen LogP contribution >= 0.6 is 11.8 Å². The summed E-state index contributed by atoms with van der Waals surface area (Å²) in [6.07, 6.45) is 14.5. The molecule has 0 spiro atoms.